The average Bonchev–Trinajstić information content (AvgIpc) is 2.92. The van der Waals surface area contributed by atoms with E-state index in [9.17, 15) is 19.2 Å². The zero-order chi connectivity index (χ0) is 29.1. The number of rotatable bonds is 8. The smallest absolute Gasteiger partial charge is 0.255 e. The number of hydrogen-bond acceptors (Lipinski definition) is 5. The Hall–Kier alpha value is -3.59. The number of benzene rings is 2. The molecule has 2 atom stereocenters. The van der Waals surface area contributed by atoms with Gasteiger partial charge in [0, 0.05) is 18.1 Å². The van der Waals surface area contributed by atoms with E-state index in [1.807, 2.05) is 26.8 Å². The maximum atomic E-state index is 13.6. The predicted molar refractivity (Wildman–Crippen MR) is 154 cm³/mol. The van der Waals surface area contributed by atoms with Gasteiger partial charge < -0.3 is 25.6 Å². The van der Waals surface area contributed by atoms with Crippen molar-refractivity contribution in [3.05, 3.63) is 64.7 Å². The van der Waals surface area contributed by atoms with E-state index in [0.29, 0.717) is 30.3 Å². The Balaban J connectivity index is 1.90. The zero-order valence-electron chi connectivity index (χ0n) is 23.4. The Labute approximate surface area is 241 Å². The van der Waals surface area contributed by atoms with Crippen LogP contribution in [0.15, 0.2) is 48.5 Å². The van der Waals surface area contributed by atoms with Gasteiger partial charge in [-0.1, -0.05) is 63.1 Å². The second kappa shape index (κ2) is 15.3. The third kappa shape index (κ3) is 9.26. The summed E-state index contributed by atoms with van der Waals surface area (Å²) in [5.74, 6) is -1.29. The minimum Gasteiger partial charge on any atom is -0.491 e. The molecule has 10 heteroatoms. The summed E-state index contributed by atoms with van der Waals surface area (Å²) >= 11 is 6.06. The lowest BCUT2D eigenvalue weighted by Gasteiger charge is -2.30. The molecule has 1 heterocycles. The summed E-state index contributed by atoms with van der Waals surface area (Å²) in [5.41, 5.74) is 1.00. The van der Waals surface area contributed by atoms with E-state index in [2.05, 4.69) is 16.0 Å². The van der Waals surface area contributed by atoms with Crippen LogP contribution < -0.4 is 20.7 Å². The SMILES string of the molecule is CCCCN1CCOc2ccccc2C(=O)N[C@H](C(=O)NCc2cccc(Cl)c2)CC(=O)N[C@@H](CC(C)C)C1=O. The Kier molecular flexibility index (Phi) is 11.8. The molecule has 3 rings (SSSR count). The van der Waals surface area contributed by atoms with Crippen LogP contribution in [-0.2, 0) is 20.9 Å². The van der Waals surface area contributed by atoms with Crippen molar-refractivity contribution in [1.29, 1.82) is 0 Å². The number of halogens is 1. The van der Waals surface area contributed by atoms with E-state index in [1.54, 1.807) is 47.4 Å². The number of para-hydroxylation sites is 1. The molecule has 2 aromatic carbocycles. The Morgan fingerprint density at radius 3 is 2.62 bits per heavy atom. The van der Waals surface area contributed by atoms with Crippen LogP contribution in [0, 0.1) is 5.92 Å². The maximum Gasteiger partial charge on any atom is 0.255 e. The molecule has 3 N–H and O–H groups in total. The number of nitrogens with zero attached hydrogens (tertiary/aromatic N) is 1. The maximum absolute atomic E-state index is 13.6. The largest absolute Gasteiger partial charge is 0.491 e. The number of amides is 4. The van der Waals surface area contributed by atoms with E-state index in [1.165, 1.54) is 0 Å². The summed E-state index contributed by atoms with van der Waals surface area (Å²) in [6.45, 7) is 7.18. The summed E-state index contributed by atoms with van der Waals surface area (Å²) in [4.78, 5) is 55.1. The molecule has 216 valence electrons. The monoisotopic (exact) mass is 570 g/mol. The van der Waals surface area contributed by atoms with Crippen molar-refractivity contribution in [3.63, 3.8) is 0 Å². The van der Waals surface area contributed by atoms with Gasteiger partial charge in [0.25, 0.3) is 5.91 Å². The molecule has 0 saturated carbocycles. The molecule has 0 spiro atoms. The molecule has 0 aromatic heterocycles. The Morgan fingerprint density at radius 1 is 1.12 bits per heavy atom. The van der Waals surface area contributed by atoms with Crippen molar-refractivity contribution in [3.8, 4) is 5.75 Å². The molecule has 1 aliphatic rings. The standard InChI is InChI=1S/C30H39ClN4O5/c1-4-5-13-35-14-15-40-26-12-7-6-11-23(26)28(37)34-24(18-27(36)33-25(30(35)39)16-20(2)3)29(38)32-19-21-9-8-10-22(31)17-21/h6-12,17,20,24-25H,4-5,13-16,18-19H2,1-3H3,(H,32,38)(H,33,36)(H,34,37)/t24-,25-/m0/s1. The van der Waals surface area contributed by atoms with Gasteiger partial charge in [-0.05, 0) is 48.6 Å². The highest BCUT2D eigenvalue weighted by atomic mass is 35.5. The predicted octanol–water partition coefficient (Wildman–Crippen LogP) is 3.70. The van der Waals surface area contributed by atoms with Crippen molar-refractivity contribution < 1.29 is 23.9 Å². The molecular formula is C30H39ClN4O5. The number of carbonyl (C=O) groups excluding carboxylic acids is 4. The van der Waals surface area contributed by atoms with Gasteiger partial charge in [-0.3, -0.25) is 19.2 Å². The first kappa shape index (κ1) is 30.9. The number of nitrogens with one attached hydrogen (secondary N) is 3. The number of fused-ring (bicyclic) bond motifs is 1. The van der Waals surface area contributed by atoms with Crippen LogP contribution in [0.25, 0.3) is 0 Å². The number of unbranched alkanes of at least 4 members (excludes halogenated alkanes) is 1. The van der Waals surface area contributed by atoms with Crippen LogP contribution in [0.4, 0.5) is 0 Å². The average molecular weight is 571 g/mol. The highest BCUT2D eigenvalue weighted by Gasteiger charge is 2.31. The quantitative estimate of drug-likeness (QED) is 0.447. The minimum atomic E-state index is -1.19. The van der Waals surface area contributed by atoms with Gasteiger partial charge in [0.1, 0.15) is 24.4 Å². The first-order valence-corrected chi connectivity index (χ1v) is 14.2. The fraction of sp³-hybridized carbons (Fsp3) is 0.467. The van der Waals surface area contributed by atoms with E-state index < -0.39 is 29.8 Å². The Morgan fingerprint density at radius 2 is 1.90 bits per heavy atom. The minimum absolute atomic E-state index is 0.140. The van der Waals surface area contributed by atoms with Crippen LogP contribution in [0.2, 0.25) is 5.02 Å². The number of ether oxygens (including phenoxy) is 1. The van der Waals surface area contributed by atoms with Gasteiger partial charge >= 0.3 is 0 Å². The van der Waals surface area contributed by atoms with Crippen molar-refractivity contribution in [1.82, 2.24) is 20.9 Å². The molecule has 4 amide bonds. The lowest BCUT2D eigenvalue weighted by Crippen LogP contribution is -2.53. The van der Waals surface area contributed by atoms with E-state index in [4.69, 9.17) is 16.3 Å². The molecule has 0 fully saturated rings. The van der Waals surface area contributed by atoms with Crippen molar-refractivity contribution >= 4 is 35.2 Å². The summed E-state index contributed by atoms with van der Waals surface area (Å²) in [6, 6.07) is 11.8. The highest BCUT2D eigenvalue weighted by Crippen LogP contribution is 2.19. The van der Waals surface area contributed by atoms with Crippen LogP contribution in [0.1, 0.15) is 62.4 Å². The van der Waals surface area contributed by atoms with Crippen LogP contribution in [0.5, 0.6) is 5.75 Å². The topological polar surface area (TPSA) is 117 Å². The third-order valence-electron chi connectivity index (χ3n) is 6.55. The lowest BCUT2D eigenvalue weighted by atomic mass is 10.0. The third-order valence-corrected chi connectivity index (χ3v) is 6.79. The number of carbonyl (C=O) groups is 4. The van der Waals surface area contributed by atoms with E-state index in [0.717, 1.165) is 18.4 Å². The molecule has 0 unspecified atom stereocenters. The lowest BCUT2D eigenvalue weighted by molar-refractivity contribution is -0.137. The van der Waals surface area contributed by atoms with E-state index >= 15 is 0 Å². The summed E-state index contributed by atoms with van der Waals surface area (Å²) in [5, 5.41) is 8.84. The first-order valence-electron chi connectivity index (χ1n) is 13.8. The summed E-state index contributed by atoms with van der Waals surface area (Å²) in [6.07, 6.45) is 1.81. The summed E-state index contributed by atoms with van der Waals surface area (Å²) in [7, 11) is 0. The van der Waals surface area contributed by atoms with E-state index in [-0.39, 0.29) is 37.0 Å². The molecule has 0 saturated heterocycles. The van der Waals surface area contributed by atoms with Gasteiger partial charge in [-0.2, -0.15) is 0 Å². The molecule has 40 heavy (non-hydrogen) atoms. The highest BCUT2D eigenvalue weighted by molar-refractivity contribution is 6.30. The normalized spacial score (nSPS) is 18.7. The van der Waals surface area contributed by atoms with Crippen molar-refractivity contribution in [2.45, 2.75) is 65.1 Å². The molecular weight excluding hydrogens is 532 g/mol. The Bertz CT molecular complexity index is 1190. The molecule has 0 aliphatic carbocycles. The summed E-state index contributed by atoms with van der Waals surface area (Å²) < 4.78 is 5.96. The fourth-order valence-electron chi connectivity index (χ4n) is 4.48. The molecule has 2 aromatic rings. The van der Waals surface area contributed by atoms with Gasteiger partial charge in [-0.25, -0.2) is 0 Å². The van der Waals surface area contributed by atoms with Crippen molar-refractivity contribution in [2.75, 3.05) is 19.7 Å². The fourth-order valence-corrected chi connectivity index (χ4v) is 4.70. The first-order chi connectivity index (χ1) is 19.2. The molecule has 0 radical (unpaired) electrons. The van der Waals surface area contributed by atoms with Crippen LogP contribution >= 0.6 is 11.6 Å². The van der Waals surface area contributed by atoms with Gasteiger partial charge in [0.05, 0.1) is 18.5 Å². The molecule has 1 aliphatic heterocycles. The second-order valence-corrected chi connectivity index (χ2v) is 10.8. The molecule has 0 bridgehead atoms. The van der Waals surface area contributed by atoms with Crippen LogP contribution in [0.3, 0.4) is 0 Å². The van der Waals surface area contributed by atoms with Gasteiger partial charge in [-0.15, -0.1) is 0 Å². The zero-order valence-corrected chi connectivity index (χ0v) is 24.1. The second-order valence-electron chi connectivity index (χ2n) is 10.4. The van der Waals surface area contributed by atoms with Gasteiger partial charge in [0.15, 0.2) is 0 Å². The number of hydrogen-bond donors (Lipinski definition) is 3. The van der Waals surface area contributed by atoms with Crippen LogP contribution in [-0.4, -0.2) is 60.3 Å². The molecule has 9 nitrogen and oxygen atoms in total. The van der Waals surface area contributed by atoms with Gasteiger partial charge in [0.2, 0.25) is 17.7 Å². The van der Waals surface area contributed by atoms with Crippen molar-refractivity contribution in [2.24, 2.45) is 5.92 Å².